The molecule has 7 nitrogen and oxygen atoms in total. The zero-order valence-electron chi connectivity index (χ0n) is 11.9. The van der Waals surface area contributed by atoms with Gasteiger partial charge in [-0.15, -0.1) is 0 Å². The van der Waals surface area contributed by atoms with Gasteiger partial charge in [-0.1, -0.05) is 0 Å². The summed E-state index contributed by atoms with van der Waals surface area (Å²) in [6, 6.07) is 3.73. The van der Waals surface area contributed by atoms with Crippen LogP contribution >= 0.6 is 0 Å². The summed E-state index contributed by atoms with van der Waals surface area (Å²) in [5, 5.41) is 11.7. The molecule has 0 aliphatic carbocycles. The Morgan fingerprint density at radius 3 is 2.80 bits per heavy atom. The Balaban J connectivity index is 1.91. The van der Waals surface area contributed by atoms with Gasteiger partial charge >= 0.3 is 0 Å². The molecule has 2 aromatic rings. The maximum Gasteiger partial charge on any atom is 0.290 e. The maximum atomic E-state index is 12.0. The van der Waals surface area contributed by atoms with Crippen molar-refractivity contribution in [2.45, 2.75) is 20.0 Å². The van der Waals surface area contributed by atoms with Crippen molar-refractivity contribution in [2.24, 2.45) is 7.05 Å². The molecule has 3 heterocycles. The highest BCUT2D eigenvalue weighted by molar-refractivity contribution is 5.55. The highest BCUT2D eigenvalue weighted by Gasteiger charge is 2.16. The van der Waals surface area contributed by atoms with Crippen LogP contribution in [-0.4, -0.2) is 38.1 Å². The van der Waals surface area contributed by atoms with E-state index >= 15 is 0 Å². The van der Waals surface area contributed by atoms with Crippen LogP contribution in [0.1, 0.15) is 11.4 Å². The second-order valence-corrected chi connectivity index (χ2v) is 5.23. The van der Waals surface area contributed by atoms with E-state index in [1.54, 1.807) is 13.1 Å². The topological polar surface area (TPSA) is 68.0 Å². The van der Waals surface area contributed by atoms with Crippen molar-refractivity contribution in [2.75, 3.05) is 18.9 Å². The lowest BCUT2D eigenvalue weighted by Crippen LogP contribution is -2.30. The smallest absolute Gasteiger partial charge is 0.290 e. The lowest BCUT2D eigenvalue weighted by atomic mass is 10.3. The number of likely N-dealkylation sites (N-methyl/N-ethyl adjacent to an activating group) is 1. The van der Waals surface area contributed by atoms with Gasteiger partial charge in [0.1, 0.15) is 5.69 Å². The molecule has 2 aromatic heterocycles. The van der Waals surface area contributed by atoms with Gasteiger partial charge in [-0.3, -0.25) is 14.4 Å². The summed E-state index contributed by atoms with van der Waals surface area (Å²) >= 11 is 0. The molecule has 1 aliphatic heterocycles. The summed E-state index contributed by atoms with van der Waals surface area (Å²) in [5.41, 5.74) is 2.30. The number of rotatable bonds is 2. The van der Waals surface area contributed by atoms with Crippen LogP contribution in [-0.2, 0) is 20.1 Å². The van der Waals surface area contributed by atoms with E-state index in [4.69, 9.17) is 0 Å². The standard InChI is InChI=1S/C13H18N6O/c1-9-6-11(13(20)18(3)15-9)14-12-7-10-8-17(2)4-5-19(10)16-12/h6-7H,4-5,8H2,1-3H3,(H,14,16). The van der Waals surface area contributed by atoms with Gasteiger partial charge in [-0.25, -0.2) is 4.68 Å². The zero-order chi connectivity index (χ0) is 14.3. The van der Waals surface area contributed by atoms with Crippen molar-refractivity contribution in [3.05, 3.63) is 33.9 Å². The first-order valence-electron chi connectivity index (χ1n) is 6.60. The van der Waals surface area contributed by atoms with E-state index < -0.39 is 0 Å². The van der Waals surface area contributed by atoms with Crippen LogP contribution in [0.4, 0.5) is 11.5 Å². The van der Waals surface area contributed by atoms with E-state index in [9.17, 15) is 4.79 Å². The molecule has 0 fully saturated rings. The second kappa shape index (κ2) is 4.75. The summed E-state index contributed by atoms with van der Waals surface area (Å²) in [4.78, 5) is 14.3. The number of nitrogens with zero attached hydrogens (tertiary/aromatic N) is 5. The molecule has 1 aliphatic rings. The number of hydrogen-bond acceptors (Lipinski definition) is 5. The Morgan fingerprint density at radius 2 is 2.00 bits per heavy atom. The Labute approximate surface area is 116 Å². The molecule has 0 saturated heterocycles. The molecule has 3 rings (SSSR count). The number of fused-ring (bicyclic) bond motifs is 1. The molecule has 7 heteroatoms. The minimum Gasteiger partial charge on any atom is -0.334 e. The SMILES string of the molecule is Cc1cc(Nc2cc3n(n2)CCN(C)C3)c(=O)n(C)n1. The summed E-state index contributed by atoms with van der Waals surface area (Å²) < 4.78 is 3.32. The van der Waals surface area contributed by atoms with E-state index in [1.165, 1.54) is 4.68 Å². The van der Waals surface area contributed by atoms with Crippen LogP contribution in [0.2, 0.25) is 0 Å². The van der Waals surface area contributed by atoms with Gasteiger partial charge in [0.15, 0.2) is 5.82 Å². The zero-order valence-corrected chi connectivity index (χ0v) is 11.9. The molecule has 0 amide bonds. The molecule has 0 radical (unpaired) electrons. The van der Waals surface area contributed by atoms with Crippen LogP contribution in [0.3, 0.4) is 0 Å². The highest BCUT2D eigenvalue weighted by Crippen LogP contribution is 2.18. The van der Waals surface area contributed by atoms with E-state index in [0.717, 1.165) is 31.0 Å². The first kappa shape index (κ1) is 12.9. The van der Waals surface area contributed by atoms with E-state index in [-0.39, 0.29) is 5.56 Å². The number of anilines is 2. The van der Waals surface area contributed by atoms with Gasteiger partial charge in [0.25, 0.3) is 5.56 Å². The molecule has 20 heavy (non-hydrogen) atoms. The van der Waals surface area contributed by atoms with Gasteiger partial charge in [0, 0.05) is 26.2 Å². The lowest BCUT2D eigenvalue weighted by Gasteiger charge is -2.22. The maximum absolute atomic E-state index is 12.0. The van der Waals surface area contributed by atoms with Gasteiger partial charge in [0.2, 0.25) is 0 Å². The molecule has 0 unspecified atom stereocenters. The minimum atomic E-state index is -0.154. The summed E-state index contributed by atoms with van der Waals surface area (Å²) in [5.74, 6) is 0.706. The monoisotopic (exact) mass is 274 g/mol. The molecule has 0 spiro atoms. The van der Waals surface area contributed by atoms with Gasteiger partial charge in [0.05, 0.1) is 17.9 Å². The average Bonchev–Trinajstić information content (AvgIpc) is 2.76. The Hall–Kier alpha value is -2.15. The predicted octanol–water partition coefficient (Wildman–Crippen LogP) is 0.474. The van der Waals surface area contributed by atoms with Gasteiger partial charge in [-0.2, -0.15) is 10.2 Å². The Morgan fingerprint density at radius 1 is 1.20 bits per heavy atom. The van der Waals surface area contributed by atoms with Gasteiger partial charge < -0.3 is 5.32 Å². The third-order valence-corrected chi connectivity index (χ3v) is 3.44. The van der Waals surface area contributed by atoms with Crippen molar-refractivity contribution >= 4 is 11.5 Å². The molecule has 0 atom stereocenters. The third-order valence-electron chi connectivity index (χ3n) is 3.44. The van der Waals surface area contributed by atoms with Gasteiger partial charge in [-0.05, 0) is 20.0 Å². The third kappa shape index (κ3) is 2.32. The Kier molecular flexibility index (Phi) is 3.06. The quantitative estimate of drug-likeness (QED) is 0.862. The molecular weight excluding hydrogens is 256 g/mol. The fourth-order valence-corrected chi connectivity index (χ4v) is 2.44. The van der Waals surface area contributed by atoms with Crippen LogP contribution in [0.15, 0.2) is 16.9 Å². The normalized spacial score (nSPS) is 15.2. The van der Waals surface area contributed by atoms with Crippen LogP contribution in [0.5, 0.6) is 0 Å². The fourth-order valence-electron chi connectivity index (χ4n) is 2.44. The molecule has 106 valence electrons. The number of aryl methyl sites for hydroxylation is 2. The molecule has 1 N–H and O–H groups in total. The van der Waals surface area contributed by atoms with Crippen LogP contribution in [0, 0.1) is 6.92 Å². The molecule has 0 aromatic carbocycles. The molecule has 0 bridgehead atoms. The summed E-state index contributed by atoms with van der Waals surface area (Å²) in [6.45, 7) is 4.60. The van der Waals surface area contributed by atoms with Crippen molar-refractivity contribution in [3.8, 4) is 0 Å². The van der Waals surface area contributed by atoms with E-state index in [0.29, 0.717) is 11.5 Å². The lowest BCUT2D eigenvalue weighted by molar-refractivity contribution is 0.259. The first-order chi connectivity index (χ1) is 9.52. The largest absolute Gasteiger partial charge is 0.334 e. The van der Waals surface area contributed by atoms with Crippen molar-refractivity contribution in [1.29, 1.82) is 0 Å². The van der Waals surface area contributed by atoms with E-state index in [1.807, 2.05) is 17.7 Å². The summed E-state index contributed by atoms with van der Waals surface area (Å²) in [7, 11) is 3.74. The number of nitrogens with one attached hydrogen (secondary N) is 1. The summed E-state index contributed by atoms with van der Waals surface area (Å²) in [6.07, 6.45) is 0. The van der Waals surface area contributed by atoms with Crippen molar-refractivity contribution < 1.29 is 0 Å². The van der Waals surface area contributed by atoms with E-state index in [2.05, 4.69) is 27.5 Å². The fraction of sp³-hybridized carbons (Fsp3) is 0.462. The van der Waals surface area contributed by atoms with Crippen LogP contribution in [0.25, 0.3) is 0 Å². The second-order valence-electron chi connectivity index (χ2n) is 5.23. The first-order valence-corrected chi connectivity index (χ1v) is 6.60. The Bertz CT molecular complexity index is 701. The molecule has 0 saturated carbocycles. The highest BCUT2D eigenvalue weighted by atomic mass is 16.1. The predicted molar refractivity (Wildman–Crippen MR) is 76.1 cm³/mol. The van der Waals surface area contributed by atoms with Crippen molar-refractivity contribution in [1.82, 2.24) is 24.5 Å². The average molecular weight is 274 g/mol. The number of hydrogen-bond donors (Lipinski definition) is 1. The minimum absolute atomic E-state index is 0.154. The molecular formula is C13H18N6O. The number of aromatic nitrogens is 4. The van der Waals surface area contributed by atoms with Crippen LogP contribution < -0.4 is 10.9 Å². The van der Waals surface area contributed by atoms with Crippen molar-refractivity contribution in [3.63, 3.8) is 0 Å².